The molecule has 1 heterocycles. The Morgan fingerprint density at radius 1 is 1.12 bits per heavy atom. The summed E-state index contributed by atoms with van der Waals surface area (Å²) in [6.07, 6.45) is 0.0321. The average Bonchev–Trinajstić information content (AvgIpc) is 2.64. The molecule has 0 bridgehead atoms. The summed E-state index contributed by atoms with van der Waals surface area (Å²) in [7, 11) is -3.42. The predicted molar refractivity (Wildman–Crippen MR) is 104 cm³/mol. The van der Waals surface area contributed by atoms with Crippen molar-refractivity contribution in [3.8, 4) is 0 Å². The highest BCUT2D eigenvalue weighted by atomic mass is 35.5. The third kappa shape index (κ3) is 5.53. The number of sulfonamides is 1. The minimum Gasteiger partial charge on any atom is -0.371 e. The fourth-order valence-electron chi connectivity index (χ4n) is 3.01. The number of rotatable bonds is 7. The van der Waals surface area contributed by atoms with E-state index in [0.717, 1.165) is 18.7 Å². The second-order valence-electron chi connectivity index (χ2n) is 6.32. The molecular weight excluding hydrogens is 372 g/mol. The van der Waals surface area contributed by atoms with Crippen molar-refractivity contribution in [3.05, 3.63) is 70.7 Å². The lowest BCUT2D eigenvalue weighted by atomic mass is 10.1. The summed E-state index contributed by atoms with van der Waals surface area (Å²) in [4.78, 5) is 2.22. The van der Waals surface area contributed by atoms with Gasteiger partial charge in [0.2, 0.25) is 10.0 Å². The molecule has 2 aromatic rings. The molecule has 0 radical (unpaired) electrons. The lowest BCUT2D eigenvalue weighted by molar-refractivity contribution is -0.0291. The van der Waals surface area contributed by atoms with Crippen molar-refractivity contribution in [2.75, 3.05) is 32.8 Å². The van der Waals surface area contributed by atoms with Crippen LogP contribution in [0.25, 0.3) is 0 Å². The summed E-state index contributed by atoms with van der Waals surface area (Å²) in [5, 5.41) is 0.469. The first kappa shape index (κ1) is 19.3. The second-order valence-corrected chi connectivity index (χ2v) is 8.53. The van der Waals surface area contributed by atoms with Crippen molar-refractivity contribution >= 4 is 21.6 Å². The minimum absolute atomic E-state index is 0.0321. The topological polar surface area (TPSA) is 58.6 Å². The zero-order valence-electron chi connectivity index (χ0n) is 14.5. The first-order valence-electron chi connectivity index (χ1n) is 8.63. The molecule has 1 aliphatic rings. The summed E-state index contributed by atoms with van der Waals surface area (Å²) >= 11 is 6.05. The number of halogens is 1. The summed E-state index contributed by atoms with van der Waals surface area (Å²) in [6, 6.07) is 17.1. The molecule has 0 saturated carbocycles. The second kappa shape index (κ2) is 8.97. The maximum absolute atomic E-state index is 12.3. The molecular formula is C19H23ClN2O3S. The summed E-state index contributed by atoms with van der Waals surface area (Å²) in [5.41, 5.74) is 1.76. The normalized spacial score (nSPS) is 18.7. The highest BCUT2D eigenvalue weighted by Crippen LogP contribution is 2.21. The van der Waals surface area contributed by atoms with Gasteiger partial charge in [-0.1, -0.05) is 60.1 Å². The fourth-order valence-corrected chi connectivity index (χ4v) is 4.45. The Kier molecular flexibility index (Phi) is 6.67. The van der Waals surface area contributed by atoms with E-state index in [1.807, 2.05) is 18.2 Å². The van der Waals surface area contributed by atoms with Crippen molar-refractivity contribution in [3.63, 3.8) is 0 Å². The van der Waals surface area contributed by atoms with Crippen LogP contribution in [0.4, 0.5) is 0 Å². The molecule has 3 rings (SSSR count). The smallest absolute Gasteiger partial charge is 0.215 e. The number of ether oxygens (including phenoxy) is 1. The van der Waals surface area contributed by atoms with Crippen LogP contribution in [0.2, 0.25) is 5.02 Å². The first-order valence-corrected chi connectivity index (χ1v) is 10.7. The van der Waals surface area contributed by atoms with Crippen molar-refractivity contribution in [2.45, 2.75) is 11.9 Å². The highest BCUT2D eigenvalue weighted by Gasteiger charge is 2.22. The molecule has 7 heteroatoms. The number of morpholine rings is 1. The Balaban J connectivity index is 1.49. The standard InChI is InChI=1S/C19H23ClN2O3S/c20-18-9-5-4-8-17(18)15-26(23,24)21-10-11-22-12-13-25-19(14-22)16-6-2-1-3-7-16/h1-9,19,21H,10-15H2. The van der Waals surface area contributed by atoms with Crippen LogP contribution in [0.15, 0.2) is 54.6 Å². The van der Waals surface area contributed by atoms with Gasteiger partial charge in [0, 0.05) is 31.2 Å². The van der Waals surface area contributed by atoms with E-state index in [9.17, 15) is 8.42 Å². The van der Waals surface area contributed by atoms with Gasteiger partial charge in [-0.05, 0) is 17.2 Å². The molecule has 0 amide bonds. The Hall–Kier alpha value is -1.44. The number of benzene rings is 2. The van der Waals surface area contributed by atoms with Gasteiger partial charge in [-0.25, -0.2) is 13.1 Å². The molecule has 26 heavy (non-hydrogen) atoms. The van der Waals surface area contributed by atoms with Crippen molar-refractivity contribution < 1.29 is 13.2 Å². The average molecular weight is 395 g/mol. The number of hydrogen-bond donors (Lipinski definition) is 1. The molecule has 0 spiro atoms. The summed E-state index contributed by atoms with van der Waals surface area (Å²) in [6.45, 7) is 3.22. The van der Waals surface area contributed by atoms with E-state index in [1.54, 1.807) is 24.3 Å². The van der Waals surface area contributed by atoms with Crippen LogP contribution in [0, 0.1) is 0 Å². The van der Waals surface area contributed by atoms with E-state index < -0.39 is 10.0 Å². The van der Waals surface area contributed by atoms with E-state index in [-0.39, 0.29) is 11.9 Å². The lowest BCUT2D eigenvalue weighted by Gasteiger charge is -2.33. The van der Waals surface area contributed by atoms with Crippen molar-refractivity contribution in [2.24, 2.45) is 0 Å². The molecule has 1 fully saturated rings. The molecule has 1 N–H and O–H groups in total. The molecule has 1 atom stereocenters. The molecule has 1 aliphatic heterocycles. The van der Waals surface area contributed by atoms with Gasteiger partial charge in [0.1, 0.15) is 0 Å². The molecule has 5 nitrogen and oxygen atoms in total. The van der Waals surface area contributed by atoms with Crippen molar-refractivity contribution in [1.82, 2.24) is 9.62 Å². The van der Waals surface area contributed by atoms with Crippen LogP contribution in [-0.4, -0.2) is 46.1 Å². The van der Waals surface area contributed by atoms with Gasteiger partial charge in [0.05, 0.1) is 18.5 Å². The predicted octanol–water partition coefficient (Wildman–Crippen LogP) is 2.83. The van der Waals surface area contributed by atoms with E-state index in [0.29, 0.717) is 30.3 Å². The van der Waals surface area contributed by atoms with Gasteiger partial charge >= 0.3 is 0 Å². The first-order chi connectivity index (χ1) is 12.5. The number of nitrogens with zero attached hydrogens (tertiary/aromatic N) is 1. The largest absolute Gasteiger partial charge is 0.371 e. The van der Waals surface area contributed by atoms with Crippen LogP contribution in [-0.2, 0) is 20.5 Å². The molecule has 2 aromatic carbocycles. The Morgan fingerprint density at radius 3 is 2.62 bits per heavy atom. The lowest BCUT2D eigenvalue weighted by Crippen LogP contribution is -2.42. The Morgan fingerprint density at radius 2 is 1.85 bits per heavy atom. The maximum atomic E-state index is 12.3. The van der Waals surface area contributed by atoms with Gasteiger partial charge in [0.25, 0.3) is 0 Å². The maximum Gasteiger partial charge on any atom is 0.215 e. The SMILES string of the molecule is O=S(=O)(Cc1ccccc1Cl)NCCN1CCOC(c2ccccc2)C1. The fraction of sp³-hybridized carbons (Fsp3) is 0.368. The molecule has 0 aromatic heterocycles. The van der Waals surface area contributed by atoms with E-state index >= 15 is 0 Å². The highest BCUT2D eigenvalue weighted by molar-refractivity contribution is 7.88. The van der Waals surface area contributed by atoms with E-state index in [2.05, 4.69) is 21.8 Å². The number of nitrogens with one attached hydrogen (secondary N) is 1. The Labute approximate surface area is 160 Å². The van der Waals surface area contributed by atoms with Gasteiger partial charge in [-0.2, -0.15) is 0 Å². The van der Waals surface area contributed by atoms with Crippen LogP contribution in [0.3, 0.4) is 0 Å². The summed E-state index contributed by atoms with van der Waals surface area (Å²) in [5.74, 6) is -0.109. The van der Waals surface area contributed by atoms with Crippen LogP contribution >= 0.6 is 11.6 Å². The Bertz CT molecular complexity index is 815. The zero-order chi connectivity index (χ0) is 18.4. The third-order valence-electron chi connectivity index (χ3n) is 4.38. The molecule has 1 saturated heterocycles. The van der Waals surface area contributed by atoms with Gasteiger partial charge in [0.15, 0.2) is 0 Å². The molecule has 0 aliphatic carbocycles. The number of hydrogen-bond acceptors (Lipinski definition) is 4. The molecule has 1 unspecified atom stereocenters. The summed E-state index contributed by atoms with van der Waals surface area (Å²) < 4.78 is 33.0. The van der Waals surface area contributed by atoms with Crippen molar-refractivity contribution in [1.29, 1.82) is 0 Å². The van der Waals surface area contributed by atoms with E-state index in [1.165, 1.54) is 0 Å². The monoisotopic (exact) mass is 394 g/mol. The third-order valence-corrected chi connectivity index (χ3v) is 6.08. The van der Waals surface area contributed by atoms with Gasteiger partial charge in [-0.3, -0.25) is 4.90 Å². The molecule has 140 valence electrons. The van der Waals surface area contributed by atoms with Crippen LogP contribution in [0.5, 0.6) is 0 Å². The van der Waals surface area contributed by atoms with Gasteiger partial charge < -0.3 is 4.74 Å². The van der Waals surface area contributed by atoms with Gasteiger partial charge in [-0.15, -0.1) is 0 Å². The van der Waals surface area contributed by atoms with E-state index in [4.69, 9.17) is 16.3 Å². The minimum atomic E-state index is -3.42. The van der Waals surface area contributed by atoms with Crippen LogP contribution in [0.1, 0.15) is 17.2 Å². The van der Waals surface area contributed by atoms with Crippen LogP contribution < -0.4 is 4.72 Å². The zero-order valence-corrected chi connectivity index (χ0v) is 16.0. The quantitative estimate of drug-likeness (QED) is 0.784.